The third-order valence-electron chi connectivity index (χ3n) is 3.93. The van der Waals surface area contributed by atoms with Gasteiger partial charge in [-0.1, -0.05) is 12.7 Å². The van der Waals surface area contributed by atoms with E-state index >= 15 is 0 Å². The minimum absolute atomic E-state index is 0.121. The molecule has 0 amide bonds. The summed E-state index contributed by atoms with van der Waals surface area (Å²) in [4.78, 5) is 14.6. The normalized spacial score (nSPS) is 10.5. The molecular formula is C21H26BrF2N3O2. The quantitative estimate of drug-likeness (QED) is 0.639. The second-order valence-electron chi connectivity index (χ2n) is 6.05. The average Bonchev–Trinajstić information content (AvgIpc) is 2.68. The van der Waals surface area contributed by atoms with E-state index < -0.39 is 11.6 Å². The van der Waals surface area contributed by atoms with Crippen LogP contribution in [0, 0.1) is 18.6 Å². The number of hydrogen-bond acceptors (Lipinski definition) is 4. The summed E-state index contributed by atoms with van der Waals surface area (Å²) in [7, 11) is 1.50. The van der Waals surface area contributed by atoms with Gasteiger partial charge in [-0.25, -0.2) is 8.78 Å². The molecule has 29 heavy (non-hydrogen) atoms. The first kappa shape index (κ1) is 24.6. The summed E-state index contributed by atoms with van der Waals surface area (Å²) in [5, 5.41) is 0. The van der Waals surface area contributed by atoms with Crippen LogP contribution in [0.1, 0.15) is 25.1 Å². The van der Waals surface area contributed by atoms with Crippen molar-refractivity contribution in [3.05, 3.63) is 86.5 Å². The van der Waals surface area contributed by atoms with Crippen molar-refractivity contribution < 1.29 is 13.5 Å². The van der Waals surface area contributed by atoms with Crippen molar-refractivity contribution in [1.29, 1.82) is 0 Å². The van der Waals surface area contributed by atoms with E-state index in [4.69, 9.17) is 4.74 Å². The molecule has 0 aliphatic carbocycles. The van der Waals surface area contributed by atoms with Gasteiger partial charge in [0.15, 0.2) is 0 Å². The summed E-state index contributed by atoms with van der Waals surface area (Å²) in [6, 6.07) is 4.96. The Bertz CT molecular complexity index is 942. The maximum atomic E-state index is 13.8. The minimum Gasteiger partial charge on any atom is -0.487 e. The van der Waals surface area contributed by atoms with Crippen molar-refractivity contribution in [2.24, 2.45) is 5.73 Å². The standard InChI is InChI=1S/C20H21BrF2N2O2.CH5N/c1-5-8-24(13(2)3)12-25-14(4)9-18(19(21)20(25)26)27-11-15-6-7-16(22)10-17(15)23;1-2/h5-10H,2,11-12H2,1,3-4H3;2H2,1H3/b8-5-;. The molecule has 0 bridgehead atoms. The van der Waals surface area contributed by atoms with Gasteiger partial charge in [-0.2, -0.15) is 0 Å². The molecule has 1 heterocycles. The van der Waals surface area contributed by atoms with E-state index in [1.54, 1.807) is 17.6 Å². The zero-order valence-electron chi connectivity index (χ0n) is 17.0. The van der Waals surface area contributed by atoms with Gasteiger partial charge in [-0.05, 0) is 55.9 Å². The van der Waals surface area contributed by atoms with Crippen LogP contribution >= 0.6 is 15.9 Å². The molecule has 1 aromatic heterocycles. The lowest BCUT2D eigenvalue weighted by Gasteiger charge is -2.23. The van der Waals surface area contributed by atoms with Gasteiger partial charge in [0.1, 0.15) is 35.1 Å². The molecule has 0 aliphatic rings. The van der Waals surface area contributed by atoms with Gasteiger partial charge >= 0.3 is 0 Å². The van der Waals surface area contributed by atoms with E-state index in [2.05, 4.69) is 28.2 Å². The molecular weight excluding hydrogens is 444 g/mol. The first-order chi connectivity index (χ1) is 13.7. The Hall–Kier alpha value is -2.45. The van der Waals surface area contributed by atoms with E-state index in [9.17, 15) is 13.6 Å². The molecule has 0 unspecified atom stereocenters. The van der Waals surface area contributed by atoms with Crippen LogP contribution in [0.4, 0.5) is 8.78 Å². The van der Waals surface area contributed by atoms with Gasteiger partial charge in [0.2, 0.25) is 0 Å². The van der Waals surface area contributed by atoms with Crippen LogP contribution in [0.3, 0.4) is 0 Å². The van der Waals surface area contributed by atoms with Gasteiger partial charge in [-0.15, -0.1) is 0 Å². The zero-order valence-corrected chi connectivity index (χ0v) is 18.6. The van der Waals surface area contributed by atoms with Crippen LogP contribution in [0.15, 0.2) is 58.1 Å². The highest BCUT2D eigenvalue weighted by atomic mass is 79.9. The van der Waals surface area contributed by atoms with Gasteiger partial charge in [-0.3, -0.25) is 9.36 Å². The second-order valence-corrected chi connectivity index (χ2v) is 6.84. The number of benzene rings is 1. The van der Waals surface area contributed by atoms with E-state index in [1.807, 2.05) is 31.0 Å². The van der Waals surface area contributed by atoms with Crippen LogP contribution < -0.4 is 16.0 Å². The maximum absolute atomic E-state index is 13.8. The van der Waals surface area contributed by atoms with Gasteiger partial charge in [0.05, 0.1) is 0 Å². The largest absolute Gasteiger partial charge is 0.487 e. The molecule has 0 radical (unpaired) electrons. The zero-order chi connectivity index (χ0) is 22.1. The van der Waals surface area contributed by atoms with Crippen molar-refractivity contribution in [2.75, 3.05) is 7.05 Å². The molecule has 2 rings (SSSR count). The van der Waals surface area contributed by atoms with Gasteiger partial charge in [0.25, 0.3) is 5.56 Å². The van der Waals surface area contributed by atoms with Crippen molar-refractivity contribution >= 4 is 15.9 Å². The molecule has 0 saturated carbocycles. The molecule has 0 spiro atoms. The predicted octanol–water partition coefficient (Wildman–Crippen LogP) is 4.68. The highest BCUT2D eigenvalue weighted by Crippen LogP contribution is 2.24. The molecule has 0 saturated heterocycles. The fourth-order valence-corrected chi connectivity index (χ4v) is 2.86. The van der Waals surface area contributed by atoms with E-state index in [1.165, 1.54) is 13.1 Å². The first-order valence-electron chi connectivity index (χ1n) is 8.84. The Kier molecular flexibility index (Phi) is 9.77. The fourth-order valence-electron chi connectivity index (χ4n) is 2.42. The summed E-state index contributed by atoms with van der Waals surface area (Å²) in [6.07, 6.45) is 3.70. The molecule has 8 heteroatoms. The monoisotopic (exact) mass is 469 g/mol. The Morgan fingerprint density at radius 3 is 2.55 bits per heavy atom. The van der Waals surface area contributed by atoms with Crippen molar-refractivity contribution in [2.45, 2.75) is 34.0 Å². The van der Waals surface area contributed by atoms with Crippen molar-refractivity contribution in [1.82, 2.24) is 9.47 Å². The molecule has 0 fully saturated rings. The third kappa shape index (κ3) is 6.54. The Balaban J connectivity index is 0.00000204. The van der Waals surface area contributed by atoms with Crippen LogP contribution in [0.5, 0.6) is 5.75 Å². The second kappa shape index (κ2) is 11.5. The lowest BCUT2D eigenvalue weighted by molar-refractivity contribution is 0.293. The number of aromatic nitrogens is 1. The Morgan fingerprint density at radius 1 is 1.34 bits per heavy atom. The Morgan fingerprint density at radius 2 is 2.00 bits per heavy atom. The summed E-state index contributed by atoms with van der Waals surface area (Å²) in [5.74, 6) is -1.05. The molecule has 1 aromatic carbocycles. The summed E-state index contributed by atoms with van der Waals surface area (Å²) >= 11 is 3.26. The predicted molar refractivity (Wildman–Crippen MR) is 115 cm³/mol. The number of allylic oxidation sites excluding steroid dienone is 2. The number of halogens is 3. The lowest BCUT2D eigenvalue weighted by Crippen LogP contribution is -2.30. The number of aryl methyl sites for hydroxylation is 1. The van der Waals surface area contributed by atoms with E-state index in [-0.39, 0.29) is 22.2 Å². The number of nitrogens with zero attached hydrogens (tertiary/aromatic N) is 2. The molecule has 0 aliphatic heterocycles. The summed E-state index contributed by atoms with van der Waals surface area (Å²) in [6.45, 7) is 9.60. The number of ether oxygens (including phenoxy) is 1. The Labute approximate surface area is 178 Å². The highest BCUT2D eigenvalue weighted by molar-refractivity contribution is 9.10. The number of hydrogen-bond donors (Lipinski definition) is 1. The summed E-state index contributed by atoms with van der Waals surface area (Å²) in [5.41, 5.74) is 5.89. The van der Waals surface area contributed by atoms with Crippen molar-refractivity contribution in [3.63, 3.8) is 0 Å². The topological polar surface area (TPSA) is 60.5 Å². The first-order valence-corrected chi connectivity index (χ1v) is 9.63. The van der Waals surface area contributed by atoms with Crippen molar-refractivity contribution in [3.8, 4) is 5.75 Å². The highest BCUT2D eigenvalue weighted by Gasteiger charge is 2.15. The minimum atomic E-state index is -0.695. The van der Waals surface area contributed by atoms with E-state index in [0.29, 0.717) is 18.1 Å². The number of pyridine rings is 1. The van der Waals surface area contributed by atoms with Crippen LogP contribution in [0.25, 0.3) is 0 Å². The molecule has 5 nitrogen and oxygen atoms in total. The van der Waals surface area contributed by atoms with Crippen LogP contribution in [-0.2, 0) is 13.3 Å². The fraction of sp³-hybridized carbons (Fsp3) is 0.286. The SMILES string of the molecule is C=C(C)N(/C=C\C)Cn1c(C)cc(OCc2ccc(F)cc2F)c(Br)c1=O.CN. The van der Waals surface area contributed by atoms with Crippen LogP contribution in [-0.4, -0.2) is 16.5 Å². The smallest absolute Gasteiger partial charge is 0.270 e. The lowest BCUT2D eigenvalue weighted by atomic mass is 10.2. The molecule has 2 aromatic rings. The van der Waals surface area contributed by atoms with Crippen LogP contribution in [0.2, 0.25) is 0 Å². The molecule has 158 valence electrons. The molecule has 0 atom stereocenters. The van der Waals surface area contributed by atoms with E-state index in [0.717, 1.165) is 17.8 Å². The van der Waals surface area contributed by atoms with Gasteiger partial charge < -0.3 is 15.4 Å². The number of nitrogens with two attached hydrogens (primary N) is 1. The number of rotatable bonds is 7. The molecule has 2 N–H and O–H groups in total. The third-order valence-corrected chi connectivity index (χ3v) is 4.66. The summed E-state index contributed by atoms with van der Waals surface area (Å²) < 4.78 is 34.1. The maximum Gasteiger partial charge on any atom is 0.270 e. The average molecular weight is 470 g/mol. The van der Waals surface area contributed by atoms with Gasteiger partial charge in [0, 0.05) is 35.3 Å².